The Bertz CT molecular complexity index is 754. The SMILES string of the molecule is Cc1cc(NC(=O)Cc2cccc(Br)c2)ccc1N1CCN(C)CC1. The summed E-state index contributed by atoms with van der Waals surface area (Å²) in [6.07, 6.45) is 0.374. The molecule has 2 aromatic carbocycles. The number of carbonyl (C=O) groups is 1. The van der Waals surface area contributed by atoms with Crippen LogP contribution in [0.5, 0.6) is 0 Å². The van der Waals surface area contributed by atoms with Crippen LogP contribution >= 0.6 is 15.9 Å². The minimum atomic E-state index is 0.00449. The smallest absolute Gasteiger partial charge is 0.228 e. The first-order valence-corrected chi connectivity index (χ1v) is 9.39. The molecule has 0 spiro atoms. The second-order valence-corrected chi connectivity index (χ2v) is 7.56. The molecule has 132 valence electrons. The number of rotatable bonds is 4. The van der Waals surface area contributed by atoms with Crippen LogP contribution in [0.1, 0.15) is 11.1 Å². The predicted octanol–water partition coefficient (Wildman–Crippen LogP) is 3.69. The van der Waals surface area contributed by atoms with Crippen molar-refractivity contribution in [3.05, 3.63) is 58.1 Å². The minimum Gasteiger partial charge on any atom is -0.369 e. The Kier molecular flexibility index (Phi) is 5.76. The number of halogens is 1. The van der Waals surface area contributed by atoms with Crippen LogP contribution in [-0.2, 0) is 11.2 Å². The summed E-state index contributed by atoms with van der Waals surface area (Å²) in [5.41, 5.74) is 4.32. The zero-order valence-corrected chi connectivity index (χ0v) is 16.3. The number of hydrogen-bond acceptors (Lipinski definition) is 3. The zero-order chi connectivity index (χ0) is 17.8. The molecule has 0 saturated carbocycles. The molecule has 1 aliphatic heterocycles. The van der Waals surface area contributed by atoms with Crippen molar-refractivity contribution in [3.8, 4) is 0 Å². The maximum Gasteiger partial charge on any atom is 0.228 e. The van der Waals surface area contributed by atoms with Crippen LogP contribution in [0.15, 0.2) is 46.9 Å². The molecule has 4 nitrogen and oxygen atoms in total. The molecule has 0 bridgehead atoms. The van der Waals surface area contributed by atoms with E-state index in [9.17, 15) is 4.79 Å². The normalized spacial score (nSPS) is 15.2. The number of piperazine rings is 1. The lowest BCUT2D eigenvalue weighted by Gasteiger charge is -2.35. The quantitative estimate of drug-likeness (QED) is 0.848. The number of carbonyl (C=O) groups excluding carboxylic acids is 1. The Labute approximate surface area is 158 Å². The highest BCUT2D eigenvalue weighted by atomic mass is 79.9. The molecule has 0 aromatic heterocycles. The van der Waals surface area contributed by atoms with Gasteiger partial charge < -0.3 is 15.1 Å². The average Bonchev–Trinajstić information content (AvgIpc) is 2.56. The molecule has 1 N–H and O–H groups in total. The van der Waals surface area contributed by atoms with Gasteiger partial charge in [-0.2, -0.15) is 0 Å². The van der Waals surface area contributed by atoms with Gasteiger partial charge in [-0.25, -0.2) is 0 Å². The van der Waals surface area contributed by atoms with Crippen molar-refractivity contribution in [2.75, 3.05) is 43.4 Å². The Hall–Kier alpha value is -1.85. The van der Waals surface area contributed by atoms with Crippen molar-refractivity contribution >= 4 is 33.2 Å². The topological polar surface area (TPSA) is 35.6 Å². The van der Waals surface area contributed by atoms with Crippen molar-refractivity contribution in [3.63, 3.8) is 0 Å². The van der Waals surface area contributed by atoms with Gasteiger partial charge in [-0.15, -0.1) is 0 Å². The fraction of sp³-hybridized carbons (Fsp3) is 0.350. The number of amides is 1. The van der Waals surface area contributed by atoms with Crippen molar-refractivity contribution in [1.29, 1.82) is 0 Å². The molecule has 25 heavy (non-hydrogen) atoms. The average molecular weight is 402 g/mol. The fourth-order valence-corrected chi connectivity index (χ4v) is 3.62. The summed E-state index contributed by atoms with van der Waals surface area (Å²) >= 11 is 3.44. The molecule has 1 saturated heterocycles. The Balaban J connectivity index is 1.63. The van der Waals surface area contributed by atoms with Crippen LogP contribution in [-0.4, -0.2) is 44.0 Å². The highest BCUT2D eigenvalue weighted by Crippen LogP contribution is 2.25. The molecule has 5 heteroatoms. The van der Waals surface area contributed by atoms with Crippen LogP contribution in [0.3, 0.4) is 0 Å². The number of nitrogens with zero attached hydrogens (tertiary/aromatic N) is 2. The van der Waals surface area contributed by atoms with Crippen molar-refractivity contribution in [2.45, 2.75) is 13.3 Å². The van der Waals surface area contributed by atoms with E-state index in [0.717, 1.165) is 41.9 Å². The van der Waals surface area contributed by atoms with Gasteiger partial charge in [-0.3, -0.25) is 4.79 Å². The van der Waals surface area contributed by atoms with Crippen molar-refractivity contribution in [1.82, 2.24) is 4.90 Å². The molecule has 1 aliphatic rings. The molecule has 0 atom stereocenters. The fourth-order valence-electron chi connectivity index (χ4n) is 3.17. The van der Waals surface area contributed by atoms with Crippen LogP contribution in [0, 0.1) is 6.92 Å². The lowest BCUT2D eigenvalue weighted by Crippen LogP contribution is -2.44. The van der Waals surface area contributed by atoms with Crippen molar-refractivity contribution < 1.29 is 4.79 Å². The standard InChI is InChI=1S/C20H24BrN3O/c1-15-12-18(6-7-19(15)24-10-8-23(2)9-11-24)22-20(25)14-16-4-3-5-17(21)13-16/h3-7,12-13H,8-11,14H2,1-2H3,(H,22,25). The number of anilines is 2. The summed E-state index contributed by atoms with van der Waals surface area (Å²) in [5.74, 6) is 0.00449. The Morgan fingerprint density at radius 3 is 2.56 bits per heavy atom. The molecule has 0 aliphatic carbocycles. The van der Waals surface area contributed by atoms with E-state index in [4.69, 9.17) is 0 Å². The molecule has 0 radical (unpaired) electrons. The number of nitrogens with one attached hydrogen (secondary N) is 1. The van der Waals surface area contributed by atoms with Gasteiger partial charge in [0, 0.05) is 42.0 Å². The third-order valence-corrected chi connectivity index (χ3v) is 5.07. The van der Waals surface area contributed by atoms with E-state index in [1.165, 1.54) is 11.3 Å². The van der Waals surface area contributed by atoms with E-state index in [1.807, 2.05) is 30.3 Å². The lowest BCUT2D eigenvalue weighted by molar-refractivity contribution is -0.115. The summed E-state index contributed by atoms with van der Waals surface area (Å²) in [7, 11) is 2.16. The van der Waals surface area contributed by atoms with Gasteiger partial charge >= 0.3 is 0 Å². The summed E-state index contributed by atoms with van der Waals surface area (Å²) in [6.45, 7) is 6.38. The molecule has 2 aromatic rings. The maximum absolute atomic E-state index is 12.3. The van der Waals surface area contributed by atoms with Gasteiger partial charge in [0.1, 0.15) is 0 Å². The van der Waals surface area contributed by atoms with Crippen molar-refractivity contribution in [2.24, 2.45) is 0 Å². The van der Waals surface area contributed by atoms with Crippen LogP contribution in [0.25, 0.3) is 0 Å². The van der Waals surface area contributed by atoms with Gasteiger partial charge in [0.2, 0.25) is 5.91 Å². The minimum absolute atomic E-state index is 0.00449. The summed E-state index contributed by atoms with van der Waals surface area (Å²) in [6, 6.07) is 14.0. The molecule has 1 heterocycles. The highest BCUT2D eigenvalue weighted by Gasteiger charge is 2.16. The van der Waals surface area contributed by atoms with Crippen LogP contribution in [0.2, 0.25) is 0 Å². The van der Waals surface area contributed by atoms with E-state index in [1.54, 1.807) is 0 Å². The van der Waals surface area contributed by atoms with Crippen LogP contribution < -0.4 is 10.2 Å². The number of benzene rings is 2. The first-order valence-electron chi connectivity index (χ1n) is 8.60. The van der Waals surface area contributed by atoms with Gasteiger partial charge in [-0.05, 0) is 55.4 Å². The third-order valence-electron chi connectivity index (χ3n) is 4.58. The van der Waals surface area contributed by atoms with Gasteiger partial charge in [0.25, 0.3) is 0 Å². The van der Waals surface area contributed by atoms with Gasteiger partial charge in [0.05, 0.1) is 6.42 Å². The molecule has 1 fully saturated rings. The summed E-state index contributed by atoms with van der Waals surface area (Å²) in [4.78, 5) is 17.1. The monoisotopic (exact) mass is 401 g/mol. The first-order chi connectivity index (χ1) is 12.0. The third kappa shape index (κ3) is 4.83. The molecule has 0 unspecified atom stereocenters. The molecule has 1 amide bonds. The second-order valence-electron chi connectivity index (χ2n) is 6.65. The van der Waals surface area contributed by atoms with Crippen LogP contribution in [0.4, 0.5) is 11.4 Å². The highest BCUT2D eigenvalue weighted by molar-refractivity contribution is 9.10. The molecule has 3 rings (SSSR count). The second kappa shape index (κ2) is 8.02. The summed E-state index contributed by atoms with van der Waals surface area (Å²) < 4.78 is 0.991. The number of hydrogen-bond donors (Lipinski definition) is 1. The number of likely N-dealkylation sites (N-methyl/N-ethyl adjacent to an activating group) is 1. The molecular formula is C20H24BrN3O. The predicted molar refractivity (Wildman–Crippen MR) is 107 cm³/mol. The molecular weight excluding hydrogens is 378 g/mol. The van der Waals surface area contributed by atoms with E-state index >= 15 is 0 Å². The largest absolute Gasteiger partial charge is 0.369 e. The Morgan fingerprint density at radius 2 is 1.88 bits per heavy atom. The zero-order valence-electron chi connectivity index (χ0n) is 14.8. The maximum atomic E-state index is 12.3. The first kappa shape index (κ1) is 18.0. The summed E-state index contributed by atoms with van der Waals surface area (Å²) in [5, 5.41) is 3.01. The lowest BCUT2D eigenvalue weighted by atomic mass is 10.1. The van der Waals surface area contributed by atoms with Gasteiger partial charge in [0.15, 0.2) is 0 Å². The van der Waals surface area contributed by atoms with E-state index in [0.29, 0.717) is 6.42 Å². The Morgan fingerprint density at radius 1 is 1.12 bits per heavy atom. The van der Waals surface area contributed by atoms with E-state index < -0.39 is 0 Å². The van der Waals surface area contributed by atoms with E-state index in [-0.39, 0.29) is 5.91 Å². The number of aryl methyl sites for hydroxylation is 1. The van der Waals surface area contributed by atoms with E-state index in [2.05, 4.69) is 57.2 Å². The van der Waals surface area contributed by atoms with Gasteiger partial charge in [-0.1, -0.05) is 28.1 Å².